The third-order valence-electron chi connectivity index (χ3n) is 4.80. The number of nitrogens with zero attached hydrogens (tertiary/aromatic N) is 4. The van der Waals surface area contributed by atoms with Crippen LogP contribution in [0.15, 0.2) is 58.4 Å². The first-order valence-electron chi connectivity index (χ1n) is 8.70. The van der Waals surface area contributed by atoms with E-state index < -0.39 is 10.8 Å². The Hall–Kier alpha value is -2.45. The molecule has 144 valence electrons. The van der Waals surface area contributed by atoms with Gasteiger partial charge in [0.1, 0.15) is 18.4 Å². The Morgan fingerprint density at radius 2 is 2.07 bits per heavy atom. The van der Waals surface area contributed by atoms with Gasteiger partial charge in [-0.2, -0.15) is 5.10 Å². The number of phenolic OH excluding ortho intramolecular Hbond substituents is 1. The number of phenols is 1. The lowest BCUT2D eigenvalue weighted by Gasteiger charge is -2.09. The van der Waals surface area contributed by atoms with Gasteiger partial charge in [-0.05, 0) is 52.7 Å². The third-order valence-corrected chi connectivity index (χ3v) is 6.74. The molecule has 4 aromatic rings. The minimum absolute atomic E-state index is 0.181. The molecule has 0 bridgehead atoms. The topological polar surface area (TPSA) is 72.9 Å². The van der Waals surface area contributed by atoms with Crippen molar-refractivity contribution in [2.24, 2.45) is 7.05 Å². The molecule has 0 radical (unpaired) electrons. The molecule has 1 N–H and O–H groups in total. The lowest BCUT2D eigenvalue weighted by molar-refractivity contribution is 0.462. The van der Waals surface area contributed by atoms with Crippen molar-refractivity contribution in [2.45, 2.75) is 24.1 Å². The van der Waals surface area contributed by atoms with Gasteiger partial charge in [-0.3, -0.25) is 4.21 Å². The van der Waals surface area contributed by atoms with Crippen LogP contribution in [0.2, 0.25) is 0 Å². The molecule has 0 spiro atoms. The second-order valence-electron chi connectivity index (χ2n) is 6.71. The summed E-state index contributed by atoms with van der Waals surface area (Å²) in [5.41, 5.74) is 3.73. The van der Waals surface area contributed by atoms with E-state index in [2.05, 4.69) is 26.0 Å². The van der Waals surface area contributed by atoms with Crippen LogP contribution in [-0.4, -0.2) is 28.6 Å². The Kier molecular flexibility index (Phi) is 5.07. The molecule has 2 aromatic carbocycles. The average molecular weight is 459 g/mol. The second-order valence-corrected chi connectivity index (χ2v) is 9.02. The van der Waals surface area contributed by atoms with Crippen molar-refractivity contribution in [3.63, 3.8) is 0 Å². The van der Waals surface area contributed by atoms with Crippen molar-refractivity contribution in [1.29, 1.82) is 0 Å². The highest BCUT2D eigenvalue weighted by atomic mass is 79.9. The lowest BCUT2D eigenvalue weighted by atomic mass is 10.1. The molecule has 4 rings (SSSR count). The molecule has 28 heavy (non-hydrogen) atoms. The molecule has 0 saturated carbocycles. The van der Waals surface area contributed by atoms with Crippen LogP contribution < -0.4 is 0 Å². The highest BCUT2D eigenvalue weighted by Gasteiger charge is 2.18. The fourth-order valence-corrected chi connectivity index (χ4v) is 5.01. The summed E-state index contributed by atoms with van der Waals surface area (Å²) >= 11 is 3.44. The van der Waals surface area contributed by atoms with E-state index in [9.17, 15) is 9.32 Å². The quantitative estimate of drug-likeness (QED) is 0.492. The van der Waals surface area contributed by atoms with Crippen LogP contribution in [0.25, 0.3) is 10.9 Å². The summed E-state index contributed by atoms with van der Waals surface area (Å²) in [6.45, 7) is 2.39. The molecule has 6 nitrogen and oxygen atoms in total. The van der Waals surface area contributed by atoms with Gasteiger partial charge in [0.25, 0.3) is 0 Å². The van der Waals surface area contributed by atoms with Crippen molar-refractivity contribution in [3.8, 4) is 5.75 Å². The maximum atomic E-state index is 12.9. The maximum absolute atomic E-state index is 12.9. The molecule has 8 heteroatoms. The number of hydrogen-bond donors (Lipinski definition) is 1. The Labute approximate surface area is 173 Å². The monoisotopic (exact) mass is 458 g/mol. The van der Waals surface area contributed by atoms with Crippen molar-refractivity contribution in [3.05, 3.63) is 70.3 Å². The molecule has 0 aliphatic carbocycles. The maximum Gasteiger partial charge on any atom is 0.137 e. The van der Waals surface area contributed by atoms with E-state index in [0.29, 0.717) is 16.8 Å². The Bertz CT molecular complexity index is 1180. The normalized spacial score (nSPS) is 12.5. The molecule has 0 aliphatic heterocycles. The van der Waals surface area contributed by atoms with Crippen LogP contribution in [-0.2, 0) is 30.1 Å². The van der Waals surface area contributed by atoms with Gasteiger partial charge in [0, 0.05) is 34.1 Å². The highest BCUT2D eigenvalue weighted by Crippen LogP contribution is 2.37. The summed E-state index contributed by atoms with van der Waals surface area (Å²) in [5, 5.41) is 15.7. The molecule has 0 fully saturated rings. The predicted octanol–water partition coefficient (Wildman–Crippen LogP) is 3.90. The zero-order chi connectivity index (χ0) is 19.8. The SMILES string of the molecule is Cc1cccc(S(=O)Cc2cc3c(Cn4cncn4)c(O)c(Br)cc3n2C)c1. The van der Waals surface area contributed by atoms with Gasteiger partial charge in [0.05, 0.1) is 27.6 Å². The number of fused-ring (bicyclic) bond motifs is 1. The standard InChI is InChI=1S/C20H19BrN4O2S/c1-13-4-3-5-15(6-13)28(27)10-14-7-16-17(9-25-12-22-11-23-25)20(26)18(21)8-19(16)24(14)2/h3-8,11-12,26H,9-10H2,1-2H3. The van der Waals surface area contributed by atoms with E-state index in [1.165, 1.54) is 6.33 Å². The minimum atomic E-state index is -1.15. The van der Waals surface area contributed by atoms with Crippen LogP contribution in [0, 0.1) is 6.92 Å². The summed E-state index contributed by atoms with van der Waals surface area (Å²) in [6.07, 6.45) is 3.08. The zero-order valence-electron chi connectivity index (χ0n) is 15.5. The van der Waals surface area contributed by atoms with Gasteiger partial charge in [0.2, 0.25) is 0 Å². The number of hydrogen-bond acceptors (Lipinski definition) is 4. The average Bonchev–Trinajstić information content (AvgIpc) is 3.28. The first-order chi connectivity index (χ1) is 13.4. The molecular formula is C20H19BrN4O2S. The number of aromatic hydroxyl groups is 1. The molecule has 0 saturated heterocycles. The Morgan fingerprint density at radius 3 is 2.79 bits per heavy atom. The number of aromatic nitrogens is 4. The van der Waals surface area contributed by atoms with Crippen LogP contribution in [0.4, 0.5) is 0 Å². The summed E-state index contributed by atoms with van der Waals surface area (Å²) in [6, 6.07) is 11.7. The van der Waals surface area contributed by atoms with Crippen LogP contribution in [0.3, 0.4) is 0 Å². The summed E-state index contributed by atoms with van der Waals surface area (Å²) in [4.78, 5) is 4.78. The molecule has 1 unspecified atom stereocenters. The van der Waals surface area contributed by atoms with Gasteiger partial charge in [0.15, 0.2) is 0 Å². The zero-order valence-corrected chi connectivity index (χ0v) is 17.9. The number of benzene rings is 2. The van der Waals surface area contributed by atoms with E-state index in [0.717, 1.165) is 32.6 Å². The highest BCUT2D eigenvalue weighted by molar-refractivity contribution is 9.10. The van der Waals surface area contributed by atoms with Gasteiger partial charge < -0.3 is 9.67 Å². The van der Waals surface area contributed by atoms with Crippen molar-refractivity contribution >= 4 is 37.6 Å². The van der Waals surface area contributed by atoms with Gasteiger partial charge in [-0.15, -0.1) is 0 Å². The molecule has 1 atom stereocenters. The molecule has 2 heterocycles. The smallest absolute Gasteiger partial charge is 0.137 e. The minimum Gasteiger partial charge on any atom is -0.506 e. The van der Waals surface area contributed by atoms with Gasteiger partial charge in [-0.25, -0.2) is 9.67 Å². The fraction of sp³-hybridized carbons (Fsp3) is 0.200. The van der Waals surface area contributed by atoms with E-state index in [1.54, 1.807) is 11.0 Å². The molecular weight excluding hydrogens is 440 g/mol. The first-order valence-corrected chi connectivity index (χ1v) is 10.8. The molecule has 0 amide bonds. The van der Waals surface area contributed by atoms with Crippen LogP contribution in [0.5, 0.6) is 5.75 Å². The largest absolute Gasteiger partial charge is 0.506 e. The van der Waals surface area contributed by atoms with E-state index >= 15 is 0 Å². The molecule has 2 aromatic heterocycles. The van der Waals surface area contributed by atoms with Crippen LogP contribution >= 0.6 is 15.9 Å². The Balaban J connectivity index is 1.76. The number of halogens is 1. The van der Waals surface area contributed by atoms with Crippen molar-refractivity contribution in [1.82, 2.24) is 19.3 Å². The third kappa shape index (κ3) is 3.49. The lowest BCUT2D eigenvalue weighted by Crippen LogP contribution is -2.02. The fourth-order valence-electron chi connectivity index (χ4n) is 3.30. The summed E-state index contributed by atoms with van der Waals surface area (Å²) in [7, 11) is 0.799. The van der Waals surface area contributed by atoms with E-state index in [1.807, 2.05) is 54.9 Å². The van der Waals surface area contributed by atoms with Crippen molar-refractivity contribution in [2.75, 3.05) is 0 Å². The summed E-state index contributed by atoms with van der Waals surface area (Å²) in [5.74, 6) is 0.579. The second kappa shape index (κ2) is 7.52. The van der Waals surface area contributed by atoms with Gasteiger partial charge in [-0.1, -0.05) is 12.1 Å². The Morgan fingerprint density at radius 1 is 1.25 bits per heavy atom. The molecule has 0 aliphatic rings. The van der Waals surface area contributed by atoms with E-state index in [4.69, 9.17) is 0 Å². The van der Waals surface area contributed by atoms with Gasteiger partial charge >= 0.3 is 0 Å². The number of rotatable bonds is 5. The number of aryl methyl sites for hydroxylation is 2. The predicted molar refractivity (Wildman–Crippen MR) is 113 cm³/mol. The summed E-state index contributed by atoms with van der Waals surface area (Å²) < 4.78 is 17.2. The van der Waals surface area contributed by atoms with Crippen LogP contribution in [0.1, 0.15) is 16.8 Å². The van der Waals surface area contributed by atoms with Crippen molar-refractivity contribution < 1.29 is 9.32 Å². The first kappa shape index (κ1) is 18.9. The van der Waals surface area contributed by atoms with E-state index in [-0.39, 0.29) is 5.75 Å².